The molecule has 0 radical (unpaired) electrons. The van der Waals surface area contributed by atoms with Gasteiger partial charge in [0.05, 0.1) is 0 Å². The van der Waals surface area contributed by atoms with E-state index in [1.165, 1.54) is 35.2 Å². The molecule has 0 fully saturated rings. The zero-order valence-electron chi connectivity index (χ0n) is 18.1. The quantitative estimate of drug-likeness (QED) is 0.347. The van der Waals surface area contributed by atoms with Gasteiger partial charge in [0.15, 0.2) is 11.6 Å². The molecule has 2 aromatic carbocycles. The second kappa shape index (κ2) is 11.8. The van der Waals surface area contributed by atoms with E-state index in [1.807, 2.05) is 0 Å². The standard InChI is InChI=1S/C25H34F2N2S/c1-3-14-30-29-13-5-6-18-7-9-20-10-12-25(28-4-2)22(21(20)15-18)16-19-8-11-23(26)24(27)17-19/h7-9,11,15,17,22,25,28-29H,3-6,10,12-14,16H2,1-2H3. The number of rotatable bonds is 11. The monoisotopic (exact) mass is 432 g/mol. The summed E-state index contributed by atoms with van der Waals surface area (Å²) in [6.07, 6.45) is 6.22. The normalized spacial score (nSPS) is 18.4. The molecule has 0 saturated heterocycles. The molecule has 1 aliphatic rings. The lowest BCUT2D eigenvalue weighted by molar-refractivity contribution is 0.391. The molecule has 0 amide bonds. The first-order valence-corrected chi connectivity index (χ1v) is 12.2. The highest BCUT2D eigenvalue weighted by molar-refractivity contribution is 7.97. The summed E-state index contributed by atoms with van der Waals surface area (Å²) in [5.74, 6) is -0.113. The number of hydrogen-bond acceptors (Lipinski definition) is 3. The summed E-state index contributed by atoms with van der Waals surface area (Å²) in [5.41, 5.74) is 5.00. The Morgan fingerprint density at radius 3 is 2.63 bits per heavy atom. The van der Waals surface area contributed by atoms with Crippen LogP contribution in [-0.4, -0.2) is 24.9 Å². The second-order valence-electron chi connectivity index (χ2n) is 8.14. The summed E-state index contributed by atoms with van der Waals surface area (Å²) < 4.78 is 30.6. The average molecular weight is 433 g/mol. The fourth-order valence-electron chi connectivity index (χ4n) is 4.39. The van der Waals surface area contributed by atoms with Crippen molar-refractivity contribution in [3.05, 3.63) is 70.3 Å². The van der Waals surface area contributed by atoms with Crippen LogP contribution in [-0.2, 0) is 19.3 Å². The van der Waals surface area contributed by atoms with E-state index in [9.17, 15) is 8.78 Å². The minimum absolute atomic E-state index is 0.275. The molecule has 164 valence electrons. The summed E-state index contributed by atoms with van der Waals surface area (Å²) in [4.78, 5) is 0. The fraction of sp³-hybridized carbons (Fsp3) is 0.520. The maximum absolute atomic E-state index is 13.8. The number of aryl methyl sites for hydroxylation is 2. The van der Waals surface area contributed by atoms with Crippen molar-refractivity contribution < 1.29 is 8.78 Å². The Hall–Kier alpha value is -1.43. The van der Waals surface area contributed by atoms with Crippen LogP contribution >= 0.6 is 11.9 Å². The SMILES string of the molecule is CCCSNCCCc1ccc2c(c1)C(Cc1ccc(F)c(F)c1)C(NCC)CC2. The highest BCUT2D eigenvalue weighted by Crippen LogP contribution is 2.35. The topological polar surface area (TPSA) is 24.1 Å². The van der Waals surface area contributed by atoms with Crippen LogP contribution in [0.3, 0.4) is 0 Å². The molecule has 0 spiro atoms. The van der Waals surface area contributed by atoms with Crippen molar-refractivity contribution in [1.82, 2.24) is 10.0 Å². The van der Waals surface area contributed by atoms with Gasteiger partial charge in [-0.3, -0.25) is 4.72 Å². The van der Waals surface area contributed by atoms with E-state index in [4.69, 9.17) is 0 Å². The van der Waals surface area contributed by atoms with Gasteiger partial charge >= 0.3 is 0 Å². The molecule has 2 unspecified atom stereocenters. The molecule has 2 N–H and O–H groups in total. The Labute approximate surface area is 184 Å². The molecule has 0 saturated carbocycles. The van der Waals surface area contributed by atoms with Gasteiger partial charge in [-0.1, -0.05) is 50.1 Å². The first-order chi connectivity index (χ1) is 14.6. The van der Waals surface area contributed by atoms with Crippen molar-refractivity contribution in [2.75, 3.05) is 18.8 Å². The molecular weight excluding hydrogens is 398 g/mol. The lowest BCUT2D eigenvalue weighted by Crippen LogP contribution is -2.39. The Morgan fingerprint density at radius 1 is 1.03 bits per heavy atom. The molecule has 30 heavy (non-hydrogen) atoms. The number of nitrogens with one attached hydrogen (secondary N) is 2. The van der Waals surface area contributed by atoms with Crippen molar-refractivity contribution in [2.45, 2.75) is 64.3 Å². The Bertz CT molecular complexity index is 812. The zero-order valence-corrected chi connectivity index (χ0v) is 19.0. The third kappa shape index (κ3) is 6.29. The zero-order chi connectivity index (χ0) is 21.3. The van der Waals surface area contributed by atoms with E-state index < -0.39 is 11.6 Å². The number of fused-ring (bicyclic) bond motifs is 1. The third-order valence-corrected chi connectivity index (χ3v) is 6.90. The van der Waals surface area contributed by atoms with Crippen molar-refractivity contribution >= 4 is 11.9 Å². The van der Waals surface area contributed by atoms with Gasteiger partial charge in [-0.25, -0.2) is 8.78 Å². The molecule has 3 rings (SSSR count). The van der Waals surface area contributed by atoms with Gasteiger partial charge in [-0.05, 0) is 79.5 Å². The molecule has 2 nitrogen and oxygen atoms in total. The van der Waals surface area contributed by atoms with Crippen LogP contribution in [0, 0.1) is 11.6 Å². The van der Waals surface area contributed by atoms with Gasteiger partial charge in [0, 0.05) is 24.3 Å². The molecular formula is C25H34F2N2S. The van der Waals surface area contributed by atoms with Crippen LogP contribution in [0.5, 0.6) is 0 Å². The minimum atomic E-state index is -0.779. The van der Waals surface area contributed by atoms with Gasteiger partial charge in [0.1, 0.15) is 0 Å². The number of likely N-dealkylation sites (N-methyl/N-ethyl adjacent to an activating group) is 1. The smallest absolute Gasteiger partial charge is 0.159 e. The van der Waals surface area contributed by atoms with Crippen LogP contribution in [0.25, 0.3) is 0 Å². The van der Waals surface area contributed by atoms with Crippen LogP contribution in [0.2, 0.25) is 0 Å². The minimum Gasteiger partial charge on any atom is -0.314 e. The van der Waals surface area contributed by atoms with Gasteiger partial charge in [-0.15, -0.1) is 0 Å². The van der Waals surface area contributed by atoms with Crippen molar-refractivity contribution in [1.29, 1.82) is 0 Å². The molecule has 2 aromatic rings. The molecule has 0 bridgehead atoms. The van der Waals surface area contributed by atoms with Gasteiger partial charge in [-0.2, -0.15) is 0 Å². The molecule has 2 atom stereocenters. The van der Waals surface area contributed by atoms with E-state index in [0.29, 0.717) is 6.04 Å². The first kappa shape index (κ1) is 23.2. The Morgan fingerprint density at radius 2 is 1.87 bits per heavy atom. The molecule has 0 aromatic heterocycles. The van der Waals surface area contributed by atoms with Crippen LogP contribution in [0.15, 0.2) is 36.4 Å². The van der Waals surface area contributed by atoms with E-state index in [0.717, 1.165) is 56.5 Å². The lowest BCUT2D eigenvalue weighted by Gasteiger charge is -2.35. The number of benzene rings is 2. The average Bonchev–Trinajstić information content (AvgIpc) is 2.75. The second-order valence-corrected chi connectivity index (χ2v) is 9.13. The van der Waals surface area contributed by atoms with Gasteiger partial charge < -0.3 is 5.32 Å². The van der Waals surface area contributed by atoms with Gasteiger partial charge in [0.25, 0.3) is 0 Å². The maximum Gasteiger partial charge on any atom is 0.159 e. The van der Waals surface area contributed by atoms with Crippen LogP contribution in [0.1, 0.15) is 61.3 Å². The number of halogens is 2. The summed E-state index contributed by atoms with van der Waals surface area (Å²) in [7, 11) is 0. The van der Waals surface area contributed by atoms with E-state index in [1.54, 1.807) is 18.0 Å². The van der Waals surface area contributed by atoms with Crippen LogP contribution in [0.4, 0.5) is 8.78 Å². The summed E-state index contributed by atoms with van der Waals surface area (Å²) in [5, 5.41) is 3.63. The van der Waals surface area contributed by atoms with E-state index in [2.05, 4.69) is 42.1 Å². The highest BCUT2D eigenvalue weighted by Gasteiger charge is 2.29. The van der Waals surface area contributed by atoms with Crippen molar-refractivity contribution in [3.8, 4) is 0 Å². The fourth-order valence-corrected chi connectivity index (χ4v) is 5.03. The summed E-state index contributed by atoms with van der Waals surface area (Å²) >= 11 is 1.81. The Balaban J connectivity index is 1.74. The van der Waals surface area contributed by atoms with Gasteiger partial charge in [0.2, 0.25) is 0 Å². The Kier molecular flexibility index (Phi) is 9.16. The van der Waals surface area contributed by atoms with Crippen LogP contribution < -0.4 is 10.0 Å². The summed E-state index contributed by atoms with van der Waals surface area (Å²) in [6.45, 7) is 6.25. The first-order valence-electron chi connectivity index (χ1n) is 11.3. The predicted molar refractivity (Wildman–Crippen MR) is 124 cm³/mol. The highest BCUT2D eigenvalue weighted by atomic mass is 32.2. The van der Waals surface area contributed by atoms with Crippen molar-refractivity contribution in [2.24, 2.45) is 0 Å². The third-order valence-electron chi connectivity index (χ3n) is 5.88. The van der Waals surface area contributed by atoms with Crippen molar-refractivity contribution in [3.63, 3.8) is 0 Å². The van der Waals surface area contributed by atoms with E-state index in [-0.39, 0.29) is 5.92 Å². The molecule has 1 aliphatic carbocycles. The van der Waals surface area contributed by atoms with E-state index >= 15 is 0 Å². The summed E-state index contributed by atoms with van der Waals surface area (Å²) in [6, 6.07) is 11.6. The lowest BCUT2D eigenvalue weighted by atomic mass is 9.75. The molecule has 0 aliphatic heterocycles. The molecule has 5 heteroatoms. The predicted octanol–water partition coefficient (Wildman–Crippen LogP) is 5.80. The largest absolute Gasteiger partial charge is 0.314 e. The number of hydrogen-bond donors (Lipinski definition) is 2. The molecule has 0 heterocycles. The maximum atomic E-state index is 13.8.